The number of hydrogen-bond acceptors (Lipinski definition) is 4. The quantitative estimate of drug-likeness (QED) is 0.799. The summed E-state index contributed by atoms with van der Waals surface area (Å²) in [6.45, 7) is 6.63. The molecule has 1 fully saturated rings. The summed E-state index contributed by atoms with van der Waals surface area (Å²) >= 11 is 1.80. The Morgan fingerprint density at radius 3 is 2.45 bits per heavy atom. The van der Waals surface area contributed by atoms with Gasteiger partial charge in [0.2, 0.25) is 10.0 Å². The van der Waals surface area contributed by atoms with Gasteiger partial charge >= 0.3 is 0 Å². The maximum absolute atomic E-state index is 12.7. The third-order valence-corrected chi connectivity index (χ3v) is 7.74. The van der Waals surface area contributed by atoms with Gasteiger partial charge in [0.25, 0.3) is 0 Å². The zero-order chi connectivity index (χ0) is 15.0. The number of benzene rings is 1. The predicted molar refractivity (Wildman–Crippen MR) is 83.6 cm³/mol. The van der Waals surface area contributed by atoms with Crippen LogP contribution in [-0.2, 0) is 14.6 Å². The molecule has 2 rings (SSSR count). The lowest BCUT2D eigenvalue weighted by atomic mass is 10.1. The van der Waals surface area contributed by atoms with Crippen molar-refractivity contribution in [3.63, 3.8) is 0 Å². The molecule has 0 aromatic heterocycles. The molecule has 0 spiro atoms. The molecule has 7 heteroatoms. The van der Waals surface area contributed by atoms with Gasteiger partial charge in [-0.2, -0.15) is 16.1 Å². The molecule has 0 unspecified atom stereocenters. The van der Waals surface area contributed by atoms with Crippen LogP contribution in [0.1, 0.15) is 20.8 Å². The van der Waals surface area contributed by atoms with E-state index in [-0.39, 0.29) is 24.1 Å². The molecule has 1 atom stereocenters. The lowest BCUT2D eigenvalue weighted by Crippen LogP contribution is -2.53. The largest absolute Gasteiger partial charge is 0.269 e. The number of sulfonamides is 1. The summed E-state index contributed by atoms with van der Waals surface area (Å²) < 4.78 is 37.7. The van der Waals surface area contributed by atoms with Crippen LogP contribution < -0.4 is 5.30 Å². The van der Waals surface area contributed by atoms with Crippen LogP contribution in [0.4, 0.5) is 0 Å². The van der Waals surface area contributed by atoms with E-state index in [2.05, 4.69) is 13.8 Å². The molecule has 4 nitrogen and oxygen atoms in total. The molecule has 110 valence electrons. The first-order valence-electron chi connectivity index (χ1n) is 6.38. The van der Waals surface area contributed by atoms with Gasteiger partial charge in [0.05, 0.1) is 4.90 Å². The van der Waals surface area contributed by atoms with Crippen molar-refractivity contribution < 1.29 is 13.0 Å². The van der Waals surface area contributed by atoms with Gasteiger partial charge in [-0.05, 0) is 45.0 Å². The predicted octanol–water partition coefficient (Wildman–Crippen LogP) is 2.51. The minimum Gasteiger partial charge on any atom is -0.269 e. The van der Waals surface area contributed by atoms with E-state index in [1.54, 1.807) is 28.2 Å². The fourth-order valence-corrected chi connectivity index (χ4v) is 5.60. The summed E-state index contributed by atoms with van der Waals surface area (Å²) in [4.78, 5) is 0.263. The highest BCUT2D eigenvalue weighted by Gasteiger charge is 2.41. The molecule has 0 bridgehead atoms. The second-order valence-electron chi connectivity index (χ2n) is 5.33. The molecule has 1 saturated heterocycles. The second kappa shape index (κ2) is 5.76. The Morgan fingerprint density at radius 1 is 1.30 bits per heavy atom. The first kappa shape index (κ1) is 16.0. The summed E-state index contributed by atoms with van der Waals surface area (Å²) in [6.07, 6.45) is 0. The van der Waals surface area contributed by atoms with E-state index in [0.29, 0.717) is 11.8 Å². The molecule has 1 heterocycles. The highest BCUT2D eigenvalue weighted by Crippen LogP contribution is 2.37. The number of nitrogens with zero attached hydrogens (tertiary/aromatic N) is 1. The Morgan fingerprint density at radius 2 is 1.90 bits per heavy atom. The van der Waals surface area contributed by atoms with Crippen LogP contribution in [-0.4, -0.2) is 35.8 Å². The van der Waals surface area contributed by atoms with E-state index in [0.717, 1.165) is 5.75 Å². The molecular formula is C13H18NO3PS2. The van der Waals surface area contributed by atoms with Gasteiger partial charge in [-0.15, -0.1) is 0 Å². The van der Waals surface area contributed by atoms with E-state index in [1.165, 1.54) is 12.1 Å². The van der Waals surface area contributed by atoms with Gasteiger partial charge < -0.3 is 0 Å². The minimum absolute atomic E-state index is 0.0661. The monoisotopic (exact) mass is 331 g/mol. The van der Waals surface area contributed by atoms with Crippen LogP contribution in [0.2, 0.25) is 0 Å². The van der Waals surface area contributed by atoms with Crippen LogP contribution in [0.15, 0.2) is 29.2 Å². The molecule has 0 N–H and O–H groups in total. The molecular weight excluding hydrogens is 313 g/mol. The number of rotatable bonds is 3. The van der Waals surface area contributed by atoms with Gasteiger partial charge in [0.15, 0.2) is 8.46 Å². The highest BCUT2D eigenvalue weighted by molar-refractivity contribution is 8.00. The molecule has 0 aliphatic carbocycles. The zero-order valence-corrected chi connectivity index (χ0v) is 14.3. The van der Waals surface area contributed by atoms with Gasteiger partial charge in [-0.1, -0.05) is 0 Å². The second-order valence-corrected chi connectivity index (χ2v) is 9.67. The van der Waals surface area contributed by atoms with Crippen LogP contribution in [0, 0.1) is 0 Å². The van der Waals surface area contributed by atoms with Crippen LogP contribution in [0.25, 0.3) is 0 Å². The third kappa shape index (κ3) is 2.93. The van der Waals surface area contributed by atoms with Crippen molar-refractivity contribution in [2.24, 2.45) is 0 Å². The van der Waals surface area contributed by atoms with E-state index in [9.17, 15) is 13.0 Å². The van der Waals surface area contributed by atoms with Crippen molar-refractivity contribution >= 4 is 35.5 Å². The highest BCUT2D eigenvalue weighted by atomic mass is 32.2. The number of thioether (sulfide) groups is 1. The van der Waals surface area contributed by atoms with E-state index < -0.39 is 10.0 Å². The Labute approximate surface area is 126 Å². The van der Waals surface area contributed by atoms with Gasteiger partial charge in [0.1, 0.15) is 0 Å². The first-order chi connectivity index (χ1) is 9.29. The molecule has 1 aromatic rings. The van der Waals surface area contributed by atoms with Crippen molar-refractivity contribution in [2.75, 3.05) is 12.3 Å². The maximum atomic E-state index is 12.7. The fourth-order valence-electron chi connectivity index (χ4n) is 2.20. The topological polar surface area (TPSA) is 54.5 Å². The average Bonchev–Trinajstić information content (AvgIpc) is 2.41. The summed E-state index contributed by atoms with van der Waals surface area (Å²) in [5, 5.41) is 0.575. The zero-order valence-electron chi connectivity index (χ0n) is 11.7. The standard InChI is InChI=1S/C13H18NO3PS2/c1-10-13(2,3)19-9-8-14(10)20(16,17)12-6-4-11(18-15)5-7-12/h4-7,10H,8-9H2,1-3H3/t10-/m0/s1. The molecule has 0 amide bonds. The van der Waals surface area contributed by atoms with Crippen molar-refractivity contribution in [3.8, 4) is 0 Å². The van der Waals surface area contributed by atoms with Crippen LogP contribution in [0.5, 0.6) is 0 Å². The smallest absolute Gasteiger partial charge is 0.243 e. The van der Waals surface area contributed by atoms with Crippen LogP contribution in [0.3, 0.4) is 0 Å². The third-order valence-electron chi connectivity index (χ3n) is 3.77. The Bertz CT molecular complexity index is 599. The molecule has 0 saturated carbocycles. The number of hydrogen-bond donors (Lipinski definition) is 0. The Hall–Kier alpha value is -0.420. The Kier molecular flexibility index (Phi) is 4.59. The van der Waals surface area contributed by atoms with Crippen LogP contribution >= 0.6 is 20.2 Å². The summed E-state index contributed by atoms with van der Waals surface area (Å²) in [5.74, 6) is 0.799. The molecule has 1 aliphatic heterocycles. The fraction of sp³-hybridized carbons (Fsp3) is 0.538. The maximum Gasteiger partial charge on any atom is 0.243 e. The molecule has 0 radical (unpaired) electrons. The molecule has 20 heavy (non-hydrogen) atoms. The minimum atomic E-state index is -3.49. The normalized spacial score (nSPS) is 23.9. The Balaban J connectivity index is 2.36. The van der Waals surface area contributed by atoms with E-state index in [4.69, 9.17) is 0 Å². The van der Waals surface area contributed by atoms with Crippen molar-refractivity contribution in [3.05, 3.63) is 24.3 Å². The SMILES string of the molecule is C[C@@H]1N(S(=O)(=O)c2ccc(P=O)cc2)CCSC1(C)C. The lowest BCUT2D eigenvalue weighted by Gasteiger charge is -2.43. The van der Waals surface area contributed by atoms with Crippen molar-refractivity contribution in [2.45, 2.75) is 36.5 Å². The van der Waals surface area contributed by atoms with E-state index >= 15 is 0 Å². The van der Waals surface area contributed by atoms with Crippen molar-refractivity contribution in [1.29, 1.82) is 0 Å². The molecule has 1 aromatic carbocycles. The van der Waals surface area contributed by atoms with Gasteiger partial charge in [0, 0.05) is 28.4 Å². The summed E-state index contributed by atoms with van der Waals surface area (Å²) in [6, 6.07) is 6.14. The summed E-state index contributed by atoms with van der Waals surface area (Å²) in [5.41, 5.74) is 0. The van der Waals surface area contributed by atoms with Crippen molar-refractivity contribution in [1.82, 2.24) is 4.31 Å². The molecule has 1 aliphatic rings. The van der Waals surface area contributed by atoms with Gasteiger partial charge in [-0.25, -0.2) is 8.42 Å². The van der Waals surface area contributed by atoms with E-state index in [1.807, 2.05) is 6.92 Å². The lowest BCUT2D eigenvalue weighted by molar-refractivity contribution is 0.296. The summed E-state index contributed by atoms with van der Waals surface area (Å²) in [7, 11) is -3.59. The van der Waals surface area contributed by atoms with Gasteiger partial charge in [-0.3, -0.25) is 4.57 Å². The first-order valence-corrected chi connectivity index (χ1v) is 9.62. The average molecular weight is 331 g/mol.